The fourth-order valence-electron chi connectivity index (χ4n) is 0.920. The molecule has 0 spiro atoms. The van der Waals surface area contributed by atoms with Crippen molar-refractivity contribution in [2.45, 2.75) is 0 Å². The van der Waals surface area contributed by atoms with Gasteiger partial charge in [0.2, 0.25) is 5.43 Å². The second-order valence-corrected chi connectivity index (χ2v) is 2.52. The zero-order valence-electron chi connectivity index (χ0n) is 7.36. The van der Waals surface area contributed by atoms with E-state index in [9.17, 15) is 9.70 Å². The van der Waals surface area contributed by atoms with Crippen molar-refractivity contribution in [2.24, 2.45) is 5.18 Å². The molecule has 0 aliphatic carbocycles. The van der Waals surface area contributed by atoms with Gasteiger partial charge in [-0.3, -0.25) is 4.79 Å². The third kappa shape index (κ3) is 1.77. The predicted octanol–water partition coefficient (Wildman–Crippen LogP) is 1.55. The maximum Gasteiger partial charge on any atom is 0.234 e. The SMILES string of the molecule is C=C/C=C\c1[nH]cc(N=O)c(=O)c1N. The Balaban J connectivity index is 3.30. The standard InChI is InChI=1S/C9H9N3O2/c1-2-3-4-6-8(10)9(13)7(12-14)5-11-6/h2-5H,1,10H2,(H,11,13)/b4-3-. The van der Waals surface area contributed by atoms with Gasteiger partial charge in [-0.1, -0.05) is 18.7 Å². The van der Waals surface area contributed by atoms with E-state index in [1.807, 2.05) is 0 Å². The third-order valence-electron chi connectivity index (χ3n) is 1.63. The Morgan fingerprint density at radius 1 is 1.57 bits per heavy atom. The van der Waals surface area contributed by atoms with Crippen molar-refractivity contribution in [1.82, 2.24) is 4.98 Å². The third-order valence-corrected chi connectivity index (χ3v) is 1.63. The number of anilines is 1. The maximum absolute atomic E-state index is 11.3. The Labute approximate surface area is 79.9 Å². The summed E-state index contributed by atoms with van der Waals surface area (Å²) in [6.45, 7) is 3.47. The van der Waals surface area contributed by atoms with E-state index >= 15 is 0 Å². The minimum absolute atomic E-state index is 0.0276. The van der Waals surface area contributed by atoms with E-state index in [-0.39, 0.29) is 11.4 Å². The number of hydrogen-bond donors (Lipinski definition) is 2. The molecule has 1 aromatic heterocycles. The maximum atomic E-state index is 11.3. The van der Waals surface area contributed by atoms with Gasteiger partial charge in [-0.15, -0.1) is 4.91 Å². The fraction of sp³-hybridized carbons (Fsp3) is 0. The first-order valence-corrected chi connectivity index (χ1v) is 3.84. The first-order chi connectivity index (χ1) is 6.70. The number of aromatic nitrogens is 1. The van der Waals surface area contributed by atoms with Crippen LogP contribution in [0.25, 0.3) is 6.08 Å². The Bertz CT molecular complexity index is 446. The zero-order valence-corrected chi connectivity index (χ0v) is 7.36. The Morgan fingerprint density at radius 2 is 2.29 bits per heavy atom. The molecule has 1 heterocycles. The van der Waals surface area contributed by atoms with Crippen molar-refractivity contribution in [3.63, 3.8) is 0 Å². The highest BCUT2D eigenvalue weighted by Crippen LogP contribution is 2.10. The van der Waals surface area contributed by atoms with Crippen molar-refractivity contribution < 1.29 is 0 Å². The van der Waals surface area contributed by atoms with Crippen molar-refractivity contribution in [3.8, 4) is 0 Å². The number of H-pyrrole nitrogens is 1. The predicted molar refractivity (Wildman–Crippen MR) is 56.2 cm³/mol. The molecule has 5 nitrogen and oxygen atoms in total. The Kier molecular flexibility index (Phi) is 2.96. The van der Waals surface area contributed by atoms with Crippen molar-refractivity contribution in [1.29, 1.82) is 0 Å². The van der Waals surface area contributed by atoms with Crippen molar-refractivity contribution in [3.05, 3.63) is 45.8 Å². The highest BCUT2D eigenvalue weighted by atomic mass is 16.3. The normalized spacial score (nSPS) is 10.3. The van der Waals surface area contributed by atoms with Gasteiger partial charge >= 0.3 is 0 Å². The van der Waals surface area contributed by atoms with Gasteiger partial charge in [0.25, 0.3) is 0 Å². The van der Waals surface area contributed by atoms with E-state index in [0.717, 1.165) is 0 Å². The number of nitroso groups, excluding NO2 is 1. The number of pyridine rings is 1. The quantitative estimate of drug-likeness (QED) is 0.561. The van der Waals surface area contributed by atoms with Crippen LogP contribution >= 0.6 is 0 Å². The van der Waals surface area contributed by atoms with E-state index in [2.05, 4.69) is 16.7 Å². The van der Waals surface area contributed by atoms with Crippen molar-refractivity contribution >= 4 is 17.5 Å². The molecule has 0 saturated heterocycles. The molecule has 0 aromatic carbocycles. The number of hydrogen-bond acceptors (Lipinski definition) is 4. The molecule has 3 N–H and O–H groups in total. The first kappa shape index (κ1) is 9.91. The van der Waals surface area contributed by atoms with Crippen LogP contribution in [0.4, 0.5) is 11.4 Å². The summed E-state index contributed by atoms with van der Waals surface area (Å²) in [6, 6.07) is 0. The zero-order chi connectivity index (χ0) is 10.6. The summed E-state index contributed by atoms with van der Waals surface area (Å²) in [6.07, 6.45) is 5.96. The summed E-state index contributed by atoms with van der Waals surface area (Å²) >= 11 is 0. The summed E-state index contributed by atoms with van der Waals surface area (Å²) in [5.41, 5.74) is 5.09. The lowest BCUT2D eigenvalue weighted by Gasteiger charge is -1.98. The summed E-state index contributed by atoms with van der Waals surface area (Å²) in [5.74, 6) is 0. The number of nitrogens with one attached hydrogen (secondary N) is 1. The topological polar surface area (TPSA) is 88.3 Å². The number of nitrogen functional groups attached to an aromatic ring is 1. The lowest BCUT2D eigenvalue weighted by molar-refractivity contribution is 1.25. The largest absolute Gasteiger partial charge is 0.394 e. The molecule has 0 amide bonds. The second kappa shape index (κ2) is 4.18. The molecule has 1 rings (SSSR count). The fourth-order valence-corrected chi connectivity index (χ4v) is 0.920. The lowest BCUT2D eigenvalue weighted by atomic mass is 10.2. The molecule has 0 unspecified atom stereocenters. The van der Waals surface area contributed by atoms with Crippen LogP contribution in [0.15, 0.2) is 34.9 Å². The monoisotopic (exact) mass is 191 g/mol. The Hall–Kier alpha value is -2.17. The molecule has 0 aliphatic heterocycles. The molecule has 0 atom stereocenters. The number of nitrogens with two attached hydrogens (primary N) is 1. The highest BCUT2D eigenvalue weighted by molar-refractivity contribution is 5.64. The molecule has 0 fully saturated rings. The number of nitrogens with zero attached hydrogens (tertiary/aromatic N) is 1. The van der Waals surface area contributed by atoms with E-state index in [0.29, 0.717) is 5.69 Å². The minimum atomic E-state index is -0.567. The van der Waals surface area contributed by atoms with Crippen LogP contribution < -0.4 is 11.2 Å². The van der Waals surface area contributed by atoms with Crippen LogP contribution in [-0.4, -0.2) is 4.98 Å². The van der Waals surface area contributed by atoms with Crippen LogP contribution in [0, 0.1) is 4.91 Å². The smallest absolute Gasteiger partial charge is 0.234 e. The van der Waals surface area contributed by atoms with Gasteiger partial charge in [0.1, 0.15) is 5.69 Å². The van der Waals surface area contributed by atoms with Crippen LogP contribution in [0.5, 0.6) is 0 Å². The van der Waals surface area contributed by atoms with Crippen molar-refractivity contribution in [2.75, 3.05) is 5.73 Å². The van der Waals surface area contributed by atoms with E-state index < -0.39 is 5.43 Å². The van der Waals surface area contributed by atoms with Crippen LogP contribution in [0.1, 0.15) is 5.69 Å². The highest BCUT2D eigenvalue weighted by Gasteiger charge is 2.06. The van der Waals surface area contributed by atoms with Crippen LogP contribution in [0.3, 0.4) is 0 Å². The molecule has 0 bridgehead atoms. The summed E-state index contributed by atoms with van der Waals surface area (Å²) in [4.78, 5) is 24.1. The van der Waals surface area contributed by atoms with Gasteiger partial charge in [-0.05, 0) is 11.3 Å². The average molecular weight is 191 g/mol. The number of allylic oxidation sites excluding steroid dienone is 2. The summed E-state index contributed by atoms with van der Waals surface area (Å²) in [5, 5.41) is 2.53. The van der Waals surface area contributed by atoms with Gasteiger partial charge in [-0.25, -0.2) is 0 Å². The minimum Gasteiger partial charge on any atom is -0.394 e. The second-order valence-electron chi connectivity index (χ2n) is 2.52. The van der Waals surface area contributed by atoms with Gasteiger partial charge < -0.3 is 10.7 Å². The first-order valence-electron chi connectivity index (χ1n) is 3.84. The van der Waals surface area contributed by atoms with Gasteiger partial charge in [-0.2, -0.15) is 0 Å². The van der Waals surface area contributed by atoms with E-state index in [1.165, 1.54) is 6.20 Å². The summed E-state index contributed by atoms with van der Waals surface area (Å²) < 4.78 is 0. The molecule has 1 aromatic rings. The van der Waals surface area contributed by atoms with Crippen LogP contribution in [-0.2, 0) is 0 Å². The lowest BCUT2D eigenvalue weighted by Crippen LogP contribution is -2.10. The molecule has 0 radical (unpaired) electrons. The van der Waals surface area contributed by atoms with Crippen LogP contribution in [0.2, 0.25) is 0 Å². The Morgan fingerprint density at radius 3 is 2.86 bits per heavy atom. The number of rotatable bonds is 3. The average Bonchev–Trinajstić information content (AvgIpc) is 2.20. The van der Waals surface area contributed by atoms with E-state index in [1.54, 1.807) is 18.2 Å². The van der Waals surface area contributed by atoms with Gasteiger partial charge in [0.15, 0.2) is 5.69 Å². The molecule has 5 heteroatoms. The summed E-state index contributed by atoms with van der Waals surface area (Å²) in [7, 11) is 0. The molecule has 72 valence electrons. The number of aromatic amines is 1. The molecule has 14 heavy (non-hydrogen) atoms. The van der Waals surface area contributed by atoms with Gasteiger partial charge in [0.05, 0.1) is 5.69 Å². The van der Waals surface area contributed by atoms with Gasteiger partial charge in [0, 0.05) is 6.20 Å². The molecule has 0 saturated carbocycles. The molecular weight excluding hydrogens is 182 g/mol. The van der Waals surface area contributed by atoms with E-state index in [4.69, 9.17) is 5.73 Å². The molecule has 0 aliphatic rings. The molecular formula is C9H9N3O2.